The molecule has 1 aromatic heterocycles. The Hall–Kier alpha value is -3.42. The van der Waals surface area contributed by atoms with E-state index < -0.39 is 17.2 Å². The number of aromatic nitrogens is 2. The van der Waals surface area contributed by atoms with E-state index in [1.54, 1.807) is 11.7 Å². The molecular weight excluding hydrogens is 380 g/mol. The Morgan fingerprint density at radius 2 is 1.72 bits per heavy atom. The fourth-order valence-electron chi connectivity index (χ4n) is 2.93. The van der Waals surface area contributed by atoms with Crippen molar-refractivity contribution < 1.29 is 18.3 Å². The van der Waals surface area contributed by atoms with Crippen LogP contribution in [0.3, 0.4) is 0 Å². The van der Waals surface area contributed by atoms with Gasteiger partial charge in [0.25, 0.3) is 0 Å². The highest BCUT2D eigenvalue weighted by atomic mass is 19.2. The Bertz CT molecular complexity index is 1110. The average molecular weight is 401 g/mol. The van der Waals surface area contributed by atoms with E-state index in [0.717, 1.165) is 34.7 Å². The summed E-state index contributed by atoms with van der Waals surface area (Å²) in [5.41, 5.74) is 2.49. The van der Waals surface area contributed by atoms with E-state index in [1.165, 1.54) is 19.4 Å². The molecule has 1 N–H and O–H groups in total. The second-order valence-electron chi connectivity index (χ2n) is 6.58. The van der Waals surface area contributed by atoms with Gasteiger partial charge in [-0.3, -0.25) is 4.79 Å². The van der Waals surface area contributed by atoms with Gasteiger partial charge in [0.05, 0.1) is 27.0 Å². The van der Waals surface area contributed by atoms with Crippen LogP contribution in [0.4, 0.5) is 20.4 Å². The minimum Gasteiger partial charge on any atom is -0.496 e. The van der Waals surface area contributed by atoms with Gasteiger partial charge in [0.15, 0.2) is 11.6 Å². The molecule has 152 valence electrons. The first-order chi connectivity index (χ1) is 13.8. The summed E-state index contributed by atoms with van der Waals surface area (Å²) in [6.45, 7) is 3.95. The maximum Gasteiger partial charge on any atom is 0.316 e. The van der Waals surface area contributed by atoms with Crippen molar-refractivity contribution >= 4 is 11.6 Å². The maximum atomic E-state index is 13.6. The van der Waals surface area contributed by atoms with Crippen molar-refractivity contribution in [3.05, 3.63) is 75.2 Å². The maximum absolute atomic E-state index is 13.6. The largest absolute Gasteiger partial charge is 0.496 e. The lowest BCUT2D eigenvalue weighted by molar-refractivity contribution is 0.402. The molecule has 0 aliphatic rings. The van der Waals surface area contributed by atoms with Crippen LogP contribution >= 0.6 is 0 Å². The number of anilines is 2. The van der Waals surface area contributed by atoms with Crippen LogP contribution in [0.15, 0.2) is 41.3 Å². The minimum absolute atomic E-state index is 0.0424. The van der Waals surface area contributed by atoms with Crippen molar-refractivity contribution in [3.8, 4) is 11.5 Å². The van der Waals surface area contributed by atoms with Crippen LogP contribution in [0.1, 0.15) is 16.7 Å². The van der Waals surface area contributed by atoms with Crippen molar-refractivity contribution in [1.82, 2.24) is 9.55 Å². The molecule has 0 saturated heterocycles. The number of benzene rings is 2. The standard InChI is InChI=1S/C21H21F2N3O3/c1-12-8-18(28-3)13(2)7-17(12)24-21-25-20(27)19(29-4)11-26(21)10-14-5-6-15(22)16(23)9-14/h5-9,11H,10H2,1-4H3,(H,24,25,27). The minimum atomic E-state index is -0.945. The summed E-state index contributed by atoms with van der Waals surface area (Å²) in [6.07, 6.45) is 1.48. The Morgan fingerprint density at radius 3 is 2.38 bits per heavy atom. The molecule has 0 bridgehead atoms. The van der Waals surface area contributed by atoms with Crippen molar-refractivity contribution in [2.45, 2.75) is 20.4 Å². The molecular formula is C21H21F2N3O3. The van der Waals surface area contributed by atoms with Crippen molar-refractivity contribution in [2.24, 2.45) is 0 Å². The van der Waals surface area contributed by atoms with Gasteiger partial charge in [-0.05, 0) is 54.8 Å². The van der Waals surface area contributed by atoms with Gasteiger partial charge in [-0.1, -0.05) is 6.07 Å². The van der Waals surface area contributed by atoms with Gasteiger partial charge in [0.2, 0.25) is 11.7 Å². The monoisotopic (exact) mass is 401 g/mol. The smallest absolute Gasteiger partial charge is 0.316 e. The summed E-state index contributed by atoms with van der Waals surface area (Å²) >= 11 is 0. The fraction of sp³-hybridized carbons (Fsp3) is 0.238. The van der Waals surface area contributed by atoms with E-state index in [2.05, 4.69) is 10.3 Å². The Morgan fingerprint density at radius 1 is 1.00 bits per heavy atom. The number of hydrogen-bond donors (Lipinski definition) is 1. The normalized spacial score (nSPS) is 10.7. The second-order valence-corrected chi connectivity index (χ2v) is 6.58. The summed E-state index contributed by atoms with van der Waals surface area (Å²) in [5.74, 6) is -0.837. The lowest BCUT2D eigenvalue weighted by atomic mass is 10.1. The zero-order valence-corrected chi connectivity index (χ0v) is 16.5. The number of methoxy groups -OCH3 is 2. The lowest BCUT2D eigenvalue weighted by Crippen LogP contribution is -2.19. The topological polar surface area (TPSA) is 65.4 Å². The summed E-state index contributed by atoms with van der Waals surface area (Å²) in [6, 6.07) is 7.38. The predicted octanol–water partition coefficient (Wildman–Crippen LogP) is 3.95. The Labute approximate surface area is 166 Å². The van der Waals surface area contributed by atoms with Crippen LogP contribution in [0, 0.1) is 25.5 Å². The van der Waals surface area contributed by atoms with Crippen LogP contribution in [0.25, 0.3) is 0 Å². The number of hydrogen-bond acceptors (Lipinski definition) is 5. The zero-order chi connectivity index (χ0) is 21.1. The van der Waals surface area contributed by atoms with Gasteiger partial charge in [0.1, 0.15) is 5.75 Å². The van der Waals surface area contributed by atoms with Crippen LogP contribution in [0.5, 0.6) is 11.5 Å². The molecule has 8 heteroatoms. The summed E-state index contributed by atoms with van der Waals surface area (Å²) in [4.78, 5) is 16.3. The first-order valence-corrected chi connectivity index (χ1v) is 8.84. The van der Waals surface area contributed by atoms with E-state index in [0.29, 0.717) is 5.56 Å². The number of nitrogens with one attached hydrogen (secondary N) is 1. The number of ether oxygens (including phenoxy) is 2. The van der Waals surface area contributed by atoms with E-state index in [1.807, 2.05) is 26.0 Å². The average Bonchev–Trinajstić information content (AvgIpc) is 2.69. The summed E-state index contributed by atoms with van der Waals surface area (Å²) in [7, 11) is 2.96. The number of nitrogens with zero attached hydrogens (tertiary/aromatic N) is 2. The molecule has 2 aromatic carbocycles. The number of rotatable bonds is 6. The van der Waals surface area contributed by atoms with E-state index in [-0.39, 0.29) is 18.2 Å². The SMILES string of the molecule is COc1cc(C)c(Nc2nc(=O)c(OC)cn2Cc2ccc(F)c(F)c2)cc1C. The van der Waals surface area contributed by atoms with Crippen molar-refractivity contribution in [2.75, 3.05) is 19.5 Å². The molecule has 0 saturated carbocycles. The van der Waals surface area contributed by atoms with Crippen LogP contribution < -0.4 is 20.3 Å². The van der Waals surface area contributed by atoms with E-state index >= 15 is 0 Å². The third-order valence-electron chi connectivity index (χ3n) is 4.51. The number of aryl methyl sites for hydroxylation is 2. The fourth-order valence-corrected chi connectivity index (χ4v) is 2.93. The zero-order valence-electron chi connectivity index (χ0n) is 16.5. The Balaban J connectivity index is 2.04. The molecule has 29 heavy (non-hydrogen) atoms. The van der Waals surface area contributed by atoms with Gasteiger partial charge >= 0.3 is 5.56 Å². The summed E-state index contributed by atoms with van der Waals surface area (Å²) in [5, 5.41) is 3.14. The third kappa shape index (κ3) is 4.37. The molecule has 0 aliphatic heterocycles. The van der Waals surface area contributed by atoms with Crippen LogP contribution in [-0.2, 0) is 6.54 Å². The van der Waals surface area contributed by atoms with Gasteiger partial charge < -0.3 is 19.4 Å². The molecule has 3 aromatic rings. The van der Waals surface area contributed by atoms with Crippen LogP contribution in [-0.4, -0.2) is 23.8 Å². The van der Waals surface area contributed by atoms with Gasteiger partial charge in [-0.2, -0.15) is 4.98 Å². The molecule has 0 radical (unpaired) electrons. The molecule has 0 spiro atoms. The predicted molar refractivity (Wildman–Crippen MR) is 106 cm³/mol. The molecule has 0 aliphatic carbocycles. The second kappa shape index (κ2) is 8.30. The van der Waals surface area contributed by atoms with Crippen molar-refractivity contribution in [3.63, 3.8) is 0 Å². The van der Waals surface area contributed by atoms with Crippen LogP contribution in [0.2, 0.25) is 0 Å². The molecule has 6 nitrogen and oxygen atoms in total. The molecule has 0 atom stereocenters. The Kier molecular flexibility index (Phi) is 5.81. The number of halogens is 2. The first kappa shape index (κ1) is 20.3. The first-order valence-electron chi connectivity index (χ1n) is 8.84. The van der Waals surface area contributed by atoms with E-state index in [4.69, 9.17) is 9.47 Å². The highest BCUT2D eigenvalue weighted by Gasteiger charge is 2.13. The highest BCUT2D eigenvalue weighted by Crippen LogP contribution is 2.28. The molecule has 0 unspecified atom stereocenters. The van der Waals surface area contributed by atoms with Crippen molar-refractivity contribution in [1.29, 1.82) is 0 Å². The summed E-state index contributed by atoms with van der Waals surface area (Å²) < 4.78 is 38.8. The lowest BCUT2D eigenvalue weighted by Gasteiger charge is -2.17. The molecule has 0 fully saturated rings. The van der Waals surface area contributed by atoms with E-state index in [9.17, 15) is 13.6 Å². The van der Waals surface area contributed by atoms with Gasteiger partial charge in [-0.25, -0.2) is 8.78 Å². The third-order valence-corrected chi connectivity index (χ3v) is 4.51. The molecule has 0 amide bonds. The molecule has 3 rings (SSSR count). The quantitative estimate of drug-likeness (QED) is 0.678. The molecule has 1 heterocycles. The van der Waals surface area contributed by atoms with Gasteiger partial charge in [0, 0.05) is 5.69 Å². The highest BCUT2D eigenvalue weighted by molar-refractivity contribution is 5.62. The van der Waals surface area contributed by atoms with Gasteiger partial charge in [-0.15, -0.1) is 0 Å².